The maximum absolute atomic E-state index is 11.0. The van der Waals surface area contributed by atoms with E-state index in [0.29, 0.717) is 6.42 Å². The first-order chi connectivity index (χ1) is 25.2. The molecule has 0 aliphatic carbocycles. The highest BCUT2D eigenvalue weighted by Gasteiger charge is 2.25. The average molecular weight is 756 g/mol. The van der Waals surface area contributed by atoms with Gasteiger partial charge in [0.15, 0.2) is 0 Å². The van der Waals surface area contributed by atoms with E-state index in [1.54, 1.807) is 7.05 Å². The number of hydrogen-bond acceptors (Lipinski definition) is 6. The molecule has 1 amide bonds. The van der Waals surface area contributed by atoms with Gasteiger partial charge in [0.2, 0.25) is 22.6 Å². The first-order valence-electron chi connectivity index (χ1n) is 21.5. The van der Waals surface area contributed by atoms with E-state index in [1.165, 1.54) is 167 Å². The lowest BCUT2D eigenvalue weighted by atomic mass is 9.93. The predicted octanol–water partition coefficient (Wildman–Crippen LogP) is 11.2. The third-order valence-corrected chi connectivity index (χ3v) is 10.3. The lowest BCUT2D eigenvalue weighted by Gasteiger charge is -2.22. The maximum Gasteiger partial charge on any atom is 0.232 e. The monoisotopic (exact) mass is 756 g/mol. The lowest BCUT2D eigenvalue weighted by molar-refractivity contribution is -0.562. The van der Waals surface area contributed by atoms with Crippen LogP contribution >= 0.6 is 0 Å². The van der Waals surface area contributed by atoms with E-state index in [-0.39, 0.29) is 5.91 Å². The van der Waals surface area contributed by atoms with Crippen molar-refractivity contribution in [1.29, 1.82) is 0 Å². The molecule has 0 aromatic heterocycles. The van der Waals surface area contributed by atoms with Crippen LogP contribution < -0.4 is 10.6 Å². The van der Waals surface area contributed by atoms with Gasteiger partial charge in [-0.1, -0.05) is 142 Å². The molecule has 1 heterocycles. The van der Waals surface area contributed by atoms with Crippen molar-refractivity contribution in [2.75, 3.05) is 27.2 Å². The summed E-state index contributed by atoms with van der Waals surface area (Å²) >= 11 is 0. The topological polar surface area (TPSA) is 111 Å². The normalized spacial score (nSPS) is 13.9. The molecule has 0 aromatic rings. The Kier molecular flexibility index (Phi) is 40.8. The van der Waals surface area contributed by atoms with Crippen molar-refractivity contribution in [2.24, 2.45) is 5.92 Å². The molecule has 1 aliphatic rings. The van der Waals surface area contributed by atoms with Crippen molar-refractivity contribution in [2.45, 2.75) is 207 Å². The summed E-state index contributed by atoms with van der Waals surface area (Å²) in [5.74, 6) is 0.973. The molecule has 9 heteroatoms. The summed E-state index contributed by atoms with van der Waals surface area (Å²) in [5, 5.41) is 6.04. The first kappa shape index (κ1) is 52.4. The Balaban J connectivity index is 0. The number of nitrogens with zero attached hydrogens (tertiary/aromatic N) is 1. The van der Waals surface area contributed by atoms with Crippen LogP contribution in [0.15, 0.2) is 24.3 Å². The van der Waals surface area contributed by atoms with Gasteiger partial charge >= 0.3 is 0 Å². The SMILES string of the molecule is CCCCCCCC/C=C\CCCCCC(C(C)CC)[N+]1=CNCC1.CCCCCCCC/C=C\CCCCCCCC(=O)NC.COS(=O)(=O)[O-]. The quantitative estimate of drug-likeness (QED) is 0.0232. The van der Waals surface area contributed by atoms with Gasteiger partial charge in [-0.05, 0) is 83.0 Å². The lowest BCUT2D eigenvalue weighted by Crippen LogP contribution is -2.32. The molecule has 0 saturated carbocycles. The van der Waals surface area contributed by atoms with E-state index in [4.69, 9.17) is 0 Å². The number of hydrogen-bond donors (Lipinski definition) is 2. The zero-order chi connectivity index (χ0) is 39.0. The second-order valence-corrected chi connectivity index (χ2v) is 15.7. The van der Waals surface area contributed by atoms with E-state index in [0.717, 1.165) is 32.0 Å². The summed E-state index contributed by atoms with van der Waals surface area (Å²) in [4.78, 5) is 11.0. The predicted molar refractivity (Wildman–Crippen MR) is 223 cm³/mol. The van der Waals surface area contributed by atoms with Crippen LogP contribution in [0.3, 0.4) is 0 Å². The fourth-order valence-corrected chi connectivity index (χ4v) is 6.30. The Morgan fingerprint density at radius 2 is 1.15 bits per heavy atom. The third-order valence-electron chi connectivity index (χ3n) is 9.91. The van der Waals surface area contributed by atoms with Crippen LogP contribution in [0.25, 0.3) is 0 Å². The van der Waals surface area contributed by atoms with Crippen LogP contribution in [0.4, 0.5) is 0 Å². The van der Waals surface area contributed by atoms with Crippen molar-refractivity contribution in [3.05, 3.63) is 24.3 Å². The van der Waals surface area contributed by atoms with Crippen molar-refractivity contribution >= 4 is 22.6 Å². The van der Waals surface area contributed by atoms with Crippen LogP contribution in [-0.4, -0.2) is 63.1 Å². The first-order valence-corrected chi connectivity index (χ1v) is 22.8. The van der Waals surface area contributed by atoms with Crippen molar-refractivity contribution in [1.82, 2.24) is 10.6 Å². The van der Waals surface area contributed by atoms with Gasteiger partial charge in [0, 0.05) is 13.5 Å². The minimum absolute atomic E-state index is 0.174. The highest BCUT2D eigenvalue weighted by Crippen LogP contribution is 2.19. The van der Waals surface area contributed by atoms with E-state index >= 15 is 0 Å². The fraction of sp³-hybridized carbons (Fsp3) is 0.860. The van der Waals surface area contributed by atoms with Gasteiger partial charge in [-0.15, -0.1) is 0 Å². The third kappa shape index (κ3) is 39.5. The minimum atomic E-state index is -4.41. The van der Waals surface area contributed by atoms with Gasteiger partial charge in [-0.3, -0.25) is 18.9 Å². The Bertz CT molecular complexity index is 968. The Hall–Kier alpha value is -1.71. The standard InChI is InChI=1S/C23H44N2.C19H37NO.CH4O4S/c1-4-6-7-8-9-10-11-12-13-14-15-16-17-18-23(22(3)5-2)25-20-19-24-21-25;1-3-4-5-6-7-8-9-10-11-12-13-14-15-16-17-18-19(21)20-2;1-5-6(2,3)4/h12-13,21-23H,4-11,14-20H2,1-3H3;10-11H,3-9,12-18H2,1-2H3,(H,20,21);1H3,(H,2,3,4)/b13-12-;11-10-;. The summed E-state index contributed by atoms with van der Waals surface area (Å²) in [6.45, 7) is 11.6. The second-order valence-electron chi connectivity index (χ2n) is 14.5. The van der Waals surface area contributed by atoms with E-state index in [9.17, 15) is 17.8 Å². The number of rotatable bonds is 32. The van der Waals surface area contributed by atoms with Crippen LogP contribution in [0, 0.1) is 5.92 Å². The molecule has 0 bridgehead atoms. The number of unbranched alkanes of at least 4 members (excludes halogenated alkanes) is 20. The molecule has 2 unspecified atom stereocenters. The van der Waals surface area contributed by atoms with Gasteiger partial charge in [0.1, 0.15) is 13.1 Å². The molecule has 0 spiro atoms. The molecule has 1 rings (SSSR count). The molecular weight excluding hydrogens is 671 g/mol. The van der Waals surface area contributed by atoms with Crippen LogP contribution in [0.1, 0.15) is 201 Å². The van der Waals surface area contributed by atoms with Gasteiger partial charge in [0.05, 0.1) is 13.2 Å². The zero-order valence-corrected chi connectivity index (χ0v) is 35.8. The van der Waals surface area contributed by atoms with Crippen molar-refractivity contribution in [3.63, 3.8) is 0 Å². The van der Waals surface area contributed by atoms with Crippen molar-refractivity contribution in [3.8, 4) is 0 Å². The van der Waals surface area contributed by atoms with Crippen LogP contribution in [-0.2, 0) is 19.4 Å². The highest BCUT2D eigenvalue weighted by molar-refractivity contribution is 7.80. The number of amides is 1. The number of nitrogens with one attached hydrogen (secondary N) is 2. The molecule has 0 fully saturated rings. The molecule has 8 nitrogen and oxygen atoms in total. The van der Waals surface area contributed by atoms with Gasteiger partial charge in [-0.2, -0.15) is 0 Å². The molecule has 0 saturated heterocycles. The zero-order valence-electron chi connectivity index (χ0n) is 34.9. The number of allylic oxidation sites excluding steroid dienone is 4. The number of carbonyl (C=O) groups is 1. The van der Waals surface area contributed by atoms with Crippen LogP contribution in [0.5, 0.6) is 0 Å². The Labute approximate surface area is 323 Å². The molecule has 0 aromatic carbocycles. The summed E-state index contributed by atoms with van der Waals surface area (Å²) in [6.07, 6.45) is 47.2. The largest absolute Gasteiger partial charge is 0.726 e. The van der Waals surface area contributed by atoms with Gasteiger partial charge in [0.25, 0.3) is 0 Å². The maximum atomic E-state index is 11.0. The highest BCUT2D eigenvalue weighted by atomic mass is 32.3. The van der Waals surface area contributed by atoms with Gasteiger partial charge < -0.3 is 9.87 Å². The molecule has 0 radical (unpaired) electrons. The van der Waals surface area contributed by atoms with E-state index < -0.39 is 10.4 Å². The Morgan fingerprint density at radius 3 is 1.52 bits per heavy atom. The summed E-state index contributed by atoms with van der Waals surface area (Å²) in [7, 11) is -1.90. The summed E-state index contributed by atoms with van der Waals surface area (Å²) in [5.41, 5.74) is 0. The fourth-order valence-electron chi connectivity index (χ4n) is 6.30. The minimum Gasteiger partial charge on any atom is -0.726 e. The summed E-state index contributed by atoms with van der Waals surface area (Å²) < 4.78 is 33.6. The van der Waals surface area contributed by atoms with E-state index in [2.05, 4.69) is 77.7 Å². The molecule has 2 atom stereocenters. The number of carbonyl (C=O) groups excluding carboxylic acids is 1. The smallest absolute Gasteiger partial charge is 0.232 e. The molecule has 52 heavy (non-hydrogen) atoms. The van der Waals surface area contributed by atoms with E-state index in [1.807, 2.05) is 0 Å². The average Bonchev–Trinajstić information content (AvgIpc) is 3.68. The molecular formula is C43H85N3O5S. The summed E-state index contributed by atoms with van der Waals surface area (Å²) in [6, 6.07) is 0.739. The Morgan fingerprint density at radius 1 is 0.750 bits per heavy atom. The van der Waals surface area contributed by atoms with Gasteiger partial charge in [-0.25, -0.2) is 8.42 Å². The molecule has 1 aliphatic heterocycles. The van der Waals surface area contributed by atoms with Crippen molar-refractivity contribution < 1.29 is 26.5 Å². The van der Waals surface area contributed by atoms with Crippen LogP contribution in [0.2, 0.25) is 0 Å². The molecule has 308 valence electrons. The second kappa shape index (κ2) is 40.5. The molecule has 2 N–H and O–H groups in total.